The Bertz CT molecular complexity index is 561. The Balaban J connectivity index is 0.000000353. The standard InChI is InChI=1S/C9H9.C7H8O.2C5H10.Zr/c1-3-9-7-5-4-6-8(9)2;8-6-7-4-2-1-3-5-7;2*1-2-4-5-3-1;/h3-7H,1-2H2;1-5,8H,6H2;2*1-5H2;/q-1;;;;+3. The first-order valence-electron chi connectivity index (χ1n) is 10.5. The van der Waals surface area contributed by atoms with Crippen LogP contribution in [0.2, 0.25) is 0 Å². The molecule has 1 radical (unpaired) electrons. The van der Waals surface area contributed by atoms with E-state index in [2.05, 4.69) is 13.5 Å². The summed E-state index contributed by atoms with van der Waals surface area (Å²) in [5.74, 6) is 0. The summed E-state index contributed by atoms with van der Waals surface area (Å²) < 4.78 is 0. The van der Waals surface area contributed by atoms with Gasteiger partial charge in [-0.1, -0.05) is 101 Å². The zero-order valence-corrected chi connectivity index (χ0v) is 19.9. The molecule has 0 saturated heterocycles. The van der Waals surface area contributed by atoms with E-state index in [0.717, 1.165) is 16.7 Å². The summed E-state index contributed by atoms with van der Waals surface area (Å²) in [6.45, 7) is 7.61. The molecule has 4 rings (SSSR count). The van der Waals surface area contributed by atoms with Crippen molar-refractivity contribution in [1.82, 2.24) is 0 Å². The van der Waals surface area contributed by atoms with E-state index in [9.17, 15) is 0 Å². The Morgan fingerprint density at radius 2 is 1.11 bits per heavy atom. The molecule has 0 amide bonds. The van der Waals surface area contributed by atoms with Crippen molar-refractivity contribution in [2.45, 2.75) is 70.8 Å². The van der Waals surface area contributed by atoms with Gasteiger partial charge in [-0.05, 0) is 5.56 Å². The van der Waals surface area contributed by atoms with Crippen molar-refractivity contribution in [3.8, 4) is 0 Å². The van der Waals surface area contributed by atoms with Gasteiger partial charge >= 0.3 is 26.2 Å². The van der Waals surface area contributed by atoms with Gasteiger partial charge in [-0.25, -0.2) is 0 Å². The maximum absolute atomic E-state index is 8.54. The maximum Gasteiger partial charge on any atom is 3.00 e. The van der Waals surface area contributed by atoms with Crippen molar-refractivity contribution in [2.75, 3.05) is 0 Å². The van der Waals surface area contributed by atoms with Crippen LogP contribution in [0, 0.1) is 6.92 Å². The minimum absolute atomic E-state index is 0. The molecule has 0 aliphatic heterocycles. The third-order valence-corrected chi connectivity index (χ3v) is 4.80. The molecule has 0 spiro atoms. The first-order valence-corrected chi connectivity index (χ1v) is 10.5. The summed E-state index contributed by atoms with van der Waals surface area (Å²) in [6.07, 6.45) is 16.8. The number of aliphatic hydroxyl groups excluding tert-OH is 1. The third-order valence-electron chi connectivity index (χ3n) is 4.80. The van der Waals surface area contributed by atoms with E-state index < -0.39 is 0 Å². The van der Waals surface area contributed by atoms with Crippen LogP contribution < -0.4 is 0 Å². The van der Waals surface area contributed by atoms with Crippen molar-refractivity contribution in [3.05, 3.63) is 84.8 Å². The maximum atomic E-state index is 8.54. The molecule has 2 saturated carbocycles. The fourth-order valence-electron chi connectivity index (χ4n) is 3.08. The van der Waals surface area contributed by atoms with E-state index in [4.69, 9.17) is 5.11 Å². The molecule has 2 aliphatic rings. The molecule has 149 valence electrons. The molecular formula is C26H37OZr+2. The van der Waals surface area contributed by atoms with Crippen LogP contribution in [0.1, 0.15) is 80.9 Å². The van der Waals surface area contributed by atoms with Crippen LogP contribution in [0.3, 0.4) is 0 Å². The average Bonchev–Trinajstić information content (AvgIpc) is 3.48. The van der Waals surface area contributed by atoms with E-state index >= 15 is 0 Å². The summed E-state index contributed by atoms with van der Waals surface area (Å²) in [4.78, 5) is 0. The van der Waals surface area contributed by atoms with Crippen molar-refractivity contribution < 1.29 is 31.3 Å². The molecule has 2 aromatic rings. The van der Waals surface area contributed by atoms with Crippen LogP contribution in [-0.4, -0.2) is 5.11 Å². The van der Waals surface area contributed by atoms with Crippen molar-refractivity contribution >= 4 is 6.08 Å². The molecule has 0 bridgehead atoms. The molecule has 28 heavy (non-hydrogen) atoms. The molecule has 0 unspecified atom stereocenters. The van der Waals surface area contributed by atoms with Crippen LogP contribution >= 0.6 is 0 Å². The largest absolute Gasteiger partial charge is 3.00 e. The topological polar surface area (TPSA) is 20.2 Å². The Labute approximate surface area is 192 Å². The molecule has 0 atom stereocenters. The Morgan fingerprint density at radius 3 is 1.39 bits per heavy atom. The summed E-state index contributed by atoms with van der Waals surface area (Å²) in [7, 11) is 0. The van der Waals surface area contributed by atoms with Gasteiger partial charge in [0.15, 0.2) is 0 Å². The predicted molar refractivity (Wildman–Crippen MR) is 120 cm³/mol. The first-order chi connectivity index (χ1) is 13.3. The Morgan fingerprint density at radius 1 is 0.714 bits per heavy atom. The minimum atomic E-state index is 0. The van der Waals surface area contributed by atoms with Crippen LogP contribution in [-0.2, 0) is 32.8 Å². The van der Waals surface area contributed by atoms with Gasteiger partial charge in [0, 0.05) is 0 Å². The molecule has 1 N–H and O–H groups in total. The summed E-state index contributed by atoms with van der Waals surface area (Å²) in [5.41, 5.74) is 3.11. The zero-order chi connectivity index (χ0) is 19.6. The second kappa shape index (κ2) is 19.2. The van der Waals surface area contributed by atoms with E-state index in [1.54, 1.807) is 0 Å². The Kier molecular flexibility index (Phi) is 18.5. The van der Waals surface area contributed by atoms with Crippen LogP contribution in [0.4, 0.5) is 0 Å². The van der Waals surface area contributed by atoms with Gasteiger partial charge in [-0.3, -0.25) is 0 Å². The van der Waals surface area contributed by atoms with Gasteiger partial charge in [0.1, 0.15) is 0 Å². The van der Waals surface area contributed by atoms with Crippen molar-refractivity contribution in [2.24, 2.45) is 0 Å². The molecular weight excluding hydrogens is 420 g/mol. The van der Waals surface area contributed by atoms with Gasteiger partial charge in [-0.15, -0.1) is 30.4 Å². The van der Waals surface area contributed by atoms with Gasteiger partial charge in [0.25, 0.3) is 0 Å². The summed E-state index contributed by atoms with van der Waals surface area (Å²) in [5, 5.41) is 8.54. The van der Waals surface area contributed by atoms with Crippen LogP contribution in [0.15, 0.2) is 61.2 Å². The normalized spacial score (nSPS) is 14.0. The molecule has 1 nitrogen and oxygen atoms in total. The quantitative estimate of drug-likeness (QED) is 0.461. The third kappa shape index (κ3) is 14.0. The second-order valence-corrected chi connectivity index (χ2v) is 7.08. The SMILES string of the molecule is C1CCCC1.C1CCCC1.C=Cc1ccccc1[CH2-].OCc1ccccc1.[Zr+3]. The number of benzene rings is 2. The van der Waals surface area contributed by atoms with Gasteiger partial charge in [-0.2, -0.15) is 18.6 Å². The van der Waals surface area contributed by atoms with E-state index in [-0.39, 0.29) is 32.8 Å². The van der Waals surface area contributed by atoms with Crippen LogP contribution in [0.25, 0.3) is 6.08 Å². The number of hydrogen-bond donors (Lipinski definition) is 1. The molecule has 2 aromatic carbocycles. The van der Waals surface area contributed by atoms with E-state index in [0.29, 0.717) is 0 Å². The zero-order valence-electron chi connectivity index (χ0n) is 17.4. The molecule has 0 heterocycles. The second-order valence-electron chi connectivity index (χ2n) is 7.08. The molecule has 2 heteroatoms. The number of rotatable bonds is 2. The van der Waals surface area contributed by atoms with Gasteiger partial charge in [0.05, 0.1) is 6.61 Å². The first kappa shape index (κ1) is 26.9. The summed E-state index contributed by atoms with van der Waals surface area (Å²) in [6, 6.07) is 17.4. The Hall–Kier alpha value is -1.11. The van der Waals surface area contributed by atoms with Crippen LogP contribution in [0.5, 0.6) is 0 Å². The molecule has 2 aliphatic carbocycles. The smallest absolute Gasteiger partial charge is 0.392 e. The van der Waals surface area contributed by atoms with Gasteiger partial charge in [0.2, 0.25) is 0 Å². The number of aliphatic hydroxyl groups is 1. The van der Waals surface area contributed by atoms with Gasteiger partial charge < -0.3 is 5.11 Å². The predicted octanol–water partition coefficient (Wildman–Crippen LogP) is 7.59. The minimum Gasteiger partial charge on any atom is -0.392 e. The van der Waals surface area contributed by atoms with E-state index in [1.807, 2.05) is 60.7 Å². The average molecular weight is 457 g/mol. The summed E-state index contributed by atoms with van der Waals surface area (Å²) >= 11 is 0. The fourth-order valence-corrected chi connectivity index (χ4v) is 3.08. The molecule has 0 aromatic heterocycles. The fraction of sp³-hybridized carbons (Fsp3) is 0.423. The van der Waals surface area contributed by atoms with E-state index in [1.165, 1.54) is 64.2 Å². The van der Waals surface area contributed by atoms with Crippen molar-refractivity contribution in [3.63, 3.8) is 0 Å². The van der Waals surface area contributed by atoms with Crippen molar-refractivity contribution in [1.29, 1.82) is 0 Å². The monoisotopic (exact) mass is 455 g/mol. The molecule has 2 fully saturated rings. The number of hydrogen-bond acceptors (Lipinski definition) is 1.